The molecular weight excluding hydrogens is 364 g/mol. The molecular formula is C22H28N6O. The number of ether oxygens (including phenoxy) is 1. The molecule has 7 heteroatoms. The van der Waals surface area contributed by atoms with Gasteiger partial charge in [0.2, 0.25) is 0 Å². The topological polar surface area (TPSA) is 58.8 Å². The molecule has 2 aromatic heterocycles. The van der Waals surface area contributed by atoms with Crippen LogP contribution < -0.4 is 4.90 Å². The fraction of sp³-hybridized carbons (Fsp3) is 0.409. The molecule has 3 heterocycles. The van der Waals surface area contributed by atoms with Gasteiger partial charge in [-0.3, -0.25) is 4.90 Å². The molecule has 0 amide bonds. The number of aryl methyl sites for hydroxylation is 1. The van der Waals surface area contributed by atoms with Gasteiger partial charge in [0.25, 0.3) is 5.78 Å². The minimum Gasteiger partial charge on any atom is -0.380 e. The Morgan fingerprint density at radius 3 is 2.76 bits per heavy atom. The van der Waals surface area contributed by atoms with Gasteiger partial charge in [0, 0.05) is 51.6 Å². The third-order valence-electron chi connectivity index (χ3n) is 5.29. The summed E-state index contributed by atoms with van der Waals surface area (Å²) in [5.41, 5.74) is 4.80. The van der Waals surface area contributed by atoms with Crippen LogP contribution in [-0.2, 0) is 11.3 Å². The van der Waals surface area contributed by atoms with Gasteiger partial charge in [-0.15, -0.1) is 0 Å². The van der Waals surface area contributed by atoms with E-state index in [-0.39, 0.29) is 0 Å². The summed E-state index contributed by atoms with van der Waals surface area (Å²) in [7, 11) is 1.74. The predicted octanol–water partition coefficient (Wildman–Crippen LogP) is 2.80. The molecule has 4 rings (SSSR count). The second kappa shape index (κ2) is 8.71. The highest BCUT2D eigenvalue weighted by Crippen LogP contribution is 2.19. The highest BCUT2D eigenvalue weighted by atomic mass is 16.5. The number of piperazine rings is 1. The van der Waals surface area contributed by atoms with Gasteiger partial charge in [-0.05, 0) is 25.0 Å². The molecule has 0 N–H and O–H groups in total. The van der Waals surface area contributed by atoms with Crippen LogP contribution in [0.3, 0.4) is 0 Å². The first-order chi connectivity index (χ1) is 14.1. The molecule has 1 fully saturated rings. The normalized spacial score (nSPS) is 16.0. The SMILES string of the molecule is COCc1ccccc1C=C(C)CN1CCN(c2cc(C)nc3ncnn23)CC1. The highest BCUT2D eigenvalue weighted by molar-refractivity contribution is 5.56. The van der Waals surface area contributed by atoms with Crippen molar-refractivity contribution in [3.8, 4) is 0 Å². The molecule has 1 saturated heterocycles. The standard InChI is InChI=1S/C22H28N6O/c1-17(12-19-6-4-5-7-20(19)15-29-3)14-26-8-10-27(11-9-26)21-13-18(2)25-22-23-16-24-28(21)22/h4-7,12-13,16H,8-11,14-15H2,1-3H3. The maximum atomic E-state index is 5.33. The van der Waals surface area contributed by atoms with Gasteiger partial charge in [0.15, 0.2) is 0 Å². The molecule has 0 unspecified atom stereocenters. The van der Waals surface area contributed by atoms with Crippen molar-refractivity contribution in [2.75, 3.05) is 44.7 Å². The van der Waals surface area contributed by atoms with E-state index in [1.165, 1.54) is 16.7 Å². The van der Waals surface area contributed by atoms with Gasteiger partial charge in [-0.25, -0.2) is 4.98 Å². The molecule has 7 nitrogen and oxygen atoms in total. The lowest BCUT2D eigenvalue weighted by Crippen LogP contribution is -2.47. The van der Waals surface area contributed by atoms with Crippen molar-refractivity contribution >= 4 is 17.7 Å². The molecule has 3 aromatic rings. The van der Waals surface area contributed by atoms with E-state index in [9.17, 15) is 0 Å². The van der Waals surface area contributed by atoms with Crippen LogP contribution in [0.1, 0.15) is 23.7 Å². The van der Waals surface area contributed by atoms with Crippen molar-refractivity contribution in [3.63, 3.8) is 0 Å². The van der Waals surface area contributed by atoms with Gasteiger partial charge in [-0.2, -0.15) is 14.6 Å². The molecule has 29 heavy (non-hydrogen) atoms. The van der Waals surface area contributed by atoms with E-state index in [0.717, 1.165) is 44.2 Å². The number of anilines is 1. The number of hydrogen-bond acceptors (Lipinski definition) is 6. The molecule has 152 valence electrons. The molecule has 1 aliphatic rings. The monoisotopic (exact) mass is 392 g/mol. The number of fused-ring (bicyclic) bond motifs is 1. The Labute approximate surface area is 171 Å². The molecule has 1 aliphatic heterocycles. The molecule has 0 atom stereocenters. The fourth-order valence-electron chi connectivity index (χ4n) is 3.90. The van der Waals surface area contributed by atoms with E-state index in [1.807, 2.05) is 11.4 Å². The maximum absolute atomic E-state index is 5.33. The lowest BCUT2D eigenvalue weighted by atomic mass is 10.1. The lowest BCUT2D eigenvalue weighted by molar-refractivity contribution is 0.184. The summed E-state index contributed by atoms with van der Waals surface area (Å²) in [4.78, 5) is 13.6. The van der Waals surface area contributed by atoms with Gasteiger partial charge >= 0.3 is 0 Å². The quantitative estimate of drug-likeness (QED) is 0.643. The summed E-state index contributed by atoms with van der Waals surface area (Å²) in [6, 6.07) is 10.5. The molecule has 0 saturated carbocycles. The summed E-state index contributed by atoms with van der Waals surface area (Å²) in [6.45, 7) is 9.79. The largest absolute Gasteiger partial charge is 0.380 e. The minimum atomic E-state index is 0.640. The van der Waals surface area contributed by atoms with Crippen molar-refractivity contribution in [2.24, 2.45) is 0 Å². The second-order valence-electron chi connectivity index (χ2n) is 7.61. The Hall–Kier alpha value is -2.77. The number of nitrogens with zero attached hydrogens (tertiary/aromatic N) is 6. The van der Waals surface area contributed by atoms with Crippen LogP contribution in [0.15, 0.2) is 42.2 Å². The summed E-state index contributed by atoms with van der Waals surface area (Å²) in [5.74, 6) is 1.74. The Kier molecular flexibility index (Phi) is 5.87. The average Bonchev–Trinajstić information content (AvgIpc) is 3.18. The van der Waals surface area contributed by atoms with E-state index >= 15 is 0 Å². The van der Waals surface area contributed by atoms with Crippen LogP contribution in [0, 0.1) is 6.92 Å². The number of benzene rings is 1. The van der Waals surface area contributed by atoms with Crippen LogP contribution >= 0.6 is 0 Å². The first kappa shape index (κ1) is 19.5. The number of rotatable bonds is 6. The third kappa shape index (κ3) is 4.46. The summed E-state index contributed by atoms with van der Waals surface area (Å²) in [5, 5.41) is 4.34. The zero-order valence-electron chi connectivity index (χ0n) is 17.4. The second-order valence-corrected chi connectivity index (χ2v) is 7.61. The van der Waals surface area contributed by atoms with E-state index in [2.05, 4.69) is 68.2 Å². The Morgan fingerprint density at radius 2 is 1.97 bits per heavy atom. The van der Waals surface area contributed by atoms with Crippen molar-refractivity contribution in [3.05, 3.63) is 59.1 Å². The van der Waals surface area contributed by atoms with E-state index in [1.54, 1.807) is 13.4 Å². The average molecular weight is 393 g/mol. The molecule has 0 bridgehead atoms. The Morgan fingerprint density at radius 1 is 1.17 bits per heavy atom. The Balaban J connectivity index is 1.40. The van der Waals surface area contributed by atoms with Crippen LogP contribution in [0.4, 0.5) is 5.82 Å². The zero-order valence-corrected chi connectivity index (χ0v) is 17.4. The molecule has 0 aliphatic carbocycles. The fourth-order valence-corrected chi connectivity index (χ4v) is 3.90. The van der Waals surface area contributed by atoms with Gasteiger partial charge in [-0.1, -0.05) is 35.9 Å². The predicted molar refractivity (Wildman–Crippen MR) is 115 cm³/mol. The van der Waals surface area contributed by atoms with Gasteiger partial charge in [0.05, 0.1) is 6.61 Å². The van der Waals surface area contributed by atoms with Crippen LogP contribution in [-0.4, -0.2) is 64.3 Å². The van der Waals surface area contributed by atoms with E-state index in [4.69, 9.17) is 4.74 Å². The maximum Gasteiger partial charge on any atom is 0.254 e. The van der Waals surface area contributed by atoms with Crippen molar-refractivity contribution < 1.29 is 4.74 Å². The zero-order chi connectivity index (χ0) is 20.2. The minimum absolute atomic E-state index is 0.640. The highest BCUT2D eigenvalue weighted by Gasteiger charge is 2.20. The van der Waals surface area contributed by atoms with Crippen molar-refractivity contribution in [1.29, 1.82) is 0 Å². The smallest absolute Gasteiger partial charge is 0.254 e. The third-order valence-corrected chi connectivity index (χ3v) is 5.29. The van der Waals surface area contributed by atoms with Crippen molar-refractivity contribution in [1.82, 2.24) is 24.5 Å². The van der Waals surface area contributed by atoms with Gasteiger partial charge < -0.3 is 9.64 Å². The first-order valence-corrected chi connectivity index (χ1v) is 10.0. The molecule has 0 spiro atoms. The molecule has 1 aromatic carbocycles. The van der Waals surface area contributed by atoms with E-state index < -0.39 is 0 Å². The lowest BCUT2D eigenvalue weighted by Gasteiger charge is -2.36. The van der Waals surface area contributed by atoms with E-state index in [0.29, 0.717) is 12.4 Å². The summed E-state index contributed by atoms with van der Waals surface area (Å²) < 4.78 is 7.16. The number of methoxy groups -OCH3 is 1. The number of aromatic nitrogens is 4. The van der Waals surface area contributed by atoms with Crippen LogP contribution in [0.2, 0.25) is 0 Å². The summed E-state index contributed by atoms with van der Waals surface area (Å²) in [6.07, 6.45) is 3.85. The van der Waals surface area contributed by atoms with Crippen LogP contribution in [0.5, 0.6) is 0 Å². The van der Waals surface area contributed by atoms with Crippen molar-refractivity contribution in [2.45, 2.75) is 20.5 Å². The first-order valence-electron chi connectivity index (χ1n) is 10.0. The molecule has 0 radical (unpaired) electrons. The number of hydrogen-bond donors (Lipinski definition) is 0. The summed E-state index contributed by atoms with van der Waals surface area (Å²) >= 11 is 0. The van der Waals surface area contributed by atoms with Crippen LogP contribution in [0.25, 0.3) is 11.9 Å². The Bertz CT molecular complexity index is 1000. The van der Waals surface area contributed by atoms with Gasteiger partial charge in [0.1, 0.15) is 12.1 Å².